The first-order valence-corrected chi connectivity index (χ1v) is 20.9. The summed E-state index contributed by atoms with van der Waals surface area (Å²) in [6.07, 6.45) is 11.7. The van der Waals surface area contributed by atoms with Gasteiger partial charge in [0.25, 0.3) is 0 Å². The van der Waals surface area contributed by atoms with E-state index >= 15 is 0 Å². The smallest absolute Gasteiger partial charge is 0.474 e. The number of aryl methyl sites for hydroxylation is 1. The van der Waals surface area contributed by atoms with Crippen LogP contribution in [0, 0.1) is 13.8 Å². The van der Waals surface area contributed by atoms with Crippen molar-refractivity contribution in [3.05, 3.63) is 119 Å². The minimum absolute atomic E-state index is 0. The second-order valence-electron chi connectivity index (χ2n) is 17.1. The third-order valence-electron chi connectivity index (χ3n) is 11.0. The van der Waals surface area contributed by atoms with Crippen LogP contribution in [-0.2, 0) is 0 Å². The summed E-state index contributed by atoms with van der Waals surface area (Å²) in [6.45, 7) is 25.0. The number of hydrogen-bond donors (Lipinski definition) is 0. The minimum atomic E-state index is 0. The van der Waals surface area contributed by atoms with Crippen LogP contribution in [0.2, 0.25) is 11.6 Å². The average Bonchev–Trinajstić information content (AvgIpc) is 3.12. The summed E-state index contributed by atoms with van der Waals surface area (Å²) >= 11 is 0. The summed E-state index contributed by atoms with van der Waals surface area (Å²) in [5, 5.41) is 5.26. The molecule has 0 spiro atoms. The van der Waals surface area contributed by atoms with Crippen molar-refractivity contribution in [2.45, 2.75) is 143 Å². The predicted octanol–water partition coefficient (Wildman–Crippen LogP) is 13.4. The van der Waals surface area contributed by atoms with Gasteiger partial charge in [-0.2, -0.15) is 18.6 Å². The van der Waals surface area contributed by atoms with E-state index < -0.39 is 0 Å². The monoisotopic (exact) mass is 747 g/mol. The van der Waals surface area contributed by atoms with Crippen LogP contribution in [-0.4, -0.2) is 68.5 Å². The Morgan fingerprint density at radius 1 is 0.648 bits per heavy atom. The van der Waals surface area contributed by atoms with Gasteiger partial charge in [0.15, 0.2) is 0 Å². The van der Waals surface area contributed by atoms with Gasteiger partial charge in [-0.15, -0.1) is 0 Å². The van der Waals surface area contributed by atoms with E-state index in [1.54, 1.807) is 45.4 Å². The Hall–Kier alpha value is -2.93. The van der Waals surface area contributed by atoms with Crippen LogP contribution in [0.25, 0.3) is 5.32 Å². The molecule has 0 atom stereocenters. The van der Waals surface area contributed by atoms with Gasteiger partial charge in [0.2, 0.25) is 0 Å². The summed E-state index contributed by atoms with van der Waals surface area (Å²) in [6, 6.07) is 23.4. The van der Waals surface area contributed by atoms with Gasteiger partial charge < -0.3 is 22.0 Å². The molecule has 0 radical (unpaired) electrons. The van der Waals surface area contributed by atoms with Crippen LogP contribution < -0.4 is 0 Å². The van der Waals surface area contributed by atoms with Gasteiger partial charge in [-0.25, -0.2) is 4.99 Å². The van der Waals surface area contributed by atoms with Gasteiger partial charge in [-0.1, -0.05) is 186 Å². The molecule has 3 aromatic carbocycles. The quantitative estimate of drug-likeness (QED) is 0.0945. The summed E-state index contributed by atoms with van der Waals surface area (Å²) in [4.78, 5) is 9.42. The van der Waals surface area contributed by atoms with Gasteiger partial charge >= 0.3 is 17.4 Å². The van der Waals surface area contributed by atoms with Crippen molar-refractivity contribution >= 4 is 41.9 Å². The first kappa shape index (κ1) is 49.1. The zero-order valence-corrected chi connectivity index (χ0v) is 38.4. The topological polar surface area (TPSA) is 32.9 Å². The standard InChI is InChI=1S/C31H47N4.C8H16B.C7H8.C2H5.Al/c1-20(2)24-15-13-16-25(21(3)4)30(24)32-28(34(9)10)19-29(35(11)12)33-31-26(22(5)6)17-14-18-27(31)23(7)8;1-3-7-5-2-6-8(4-1)9-7;1-7-5-3-2-4-6-7;1-2;/h13-23H,1-12H3;7-8H,1-6,9H2;2-6H,1H3;1H2,2H3;/q2*-1;;-1;+3/b28-19+,33-29?;;;;. The minimum Gasteiger partial charge on any atom is -0.474 e. The molecule has 0 aliphatic carbocycles. The van der Waals surface area contributed by atoms with Gasteiger partial charge in [0.05, 0.1) is 5.69 Å². The van der Waals surface area contributed by atoms with Crippen molar-refractivity contribution in [2.75, 3.05) is 28.2 Å². The molecule has 0 unspecified atom stereocenters. The van der Waals surface area contributed by atoms with E-state index in [0.717, 1.165) is 23.0 Å². The normalized spacial score (nSPS) is 16.6. The van der Waals surface area contributed by atoms with Crippen LogP contribution in [0.5, 0.6) is 0 Å². The summed E-state index contributed by atoms with van der Waals surface area (Å²) in [5.74, 6) is 5.90. The number of nitrogens with zero attached hydrogens (tertiary/aromatic N) is 4. The molecule has 4 nitrogen and oxygen atoms in total. The molecule has 0 aromatic heterocycles. The molecule has 2 aliphatic heterocycles. The number of amidine groups is 1. The maximum atomic E-state index is 5.26. The van der Waals surface area contributed by atoms with Crippen LogP contribution in [0.1, 0.15) is 152 Å². The molecule has 2 aliphatic rings. The molecule has 2 saturated heterocycles. The summed E-state index contributed by atoms with van der Waals surface area (Å²) in [5.41, 5.74) is 8.60. The molecule has 0 amide bonds. The van der Waals surface area contributed by atoms with Crippen molar-refractivity contribution < 1.29 is 0 Å². The molecule has 3 aromatic rings. The Kier molecular flexibility index (Phi) is 23.0. The SMILES string of the molecule is CC(C)c1cccc(C(C)C)c1N=C(/C=C(\[N-]c1c(C(C)C)cccc1C(C)C)N(C)C)N(C)C.Cc1ccccc1.[Al+3].[BH2-]1C2CCCC1CCC2.[CH2-]C. The first-order chi connectivity index (χ1) is 25.2. The molecular formula is C48H76AlBN4. The zero-order valence-electron chi connectivity index (χ0n) is 37.2. The van der Waals surface area contributed by atoms with Gasteiger partial charge in [-0.05, 0) is 71.9 Å². The van der Waals surface area contributed by atoms with Gasteiger partial charge in [-0.3, -0.25) is 0 Å². The number of benzene rings is 3. The molecule has 54 heavy (non-hydrogen) atoms. The number of fused-ring (bicyclic) bond motifs is 2. The van der Waals surface area contributed by atoms with Gasteiger partial charge in [0, 0.05) is 14.1 Å². The summed E-state index contributed by atoms with van der Waals surface area (Å²) < 4.78 is 0. The van der Waals surface area contributed by atoms with Crippen molar-refractivity contribution in [3.63, 3.8) is 0 Å². The maximum absolute atomic E-state index is 5.26. The maximum Gasteiger partial charge on any atom is 3.00 e. The van der Waals surface area contributed by atoms with Crippen molar-refractivity contribution in [1.82, 2.24) is 9.80 Å². The van der Waals surface area contributed by atoms with E-state index in [4.69, 9.17) is 10.3 Å². The molecule has 0 saturated carbocycles. The Morgan fingerprint density at radius 3 is 1.37 bits per heavy atom. The Bertz CT molecular complexity index is 1470. The van der Waals surface area contributed by atoms with Gasteiger partial charge in [0.1, 0.15) is 5.84 Å². The Balaban J connectivity index is 0.000000617. The third kappa shape index (κ3) is 15.7. The van der Waals surface area contributed by atoms with Crippen molar-refractivity contribution in [1.29, 1.82) is 0 Å². The third-order valence-corrected chi connectivity index (χ3v) is 11.0. The van der Waals surface area contributed by atoms with E-state index in [0.29, 0.717) is 31.0 Å². The van der Waals surface area contributed by atoms with E-state index in [1.807, 2.05) is 18.2 Å². The molecular weight excluding hydrogens is 670 g/mol. The number of para-hydroxylation sites is 2. The van der Waals surface area contributed by atoms with Crippen LogP contribution in [0.4, 0.5) is 11.4 Å². The fourth-order valence-electron chi connectivity index (χ4n) is 7.93. The number of aliphatic imine (C=N–C) groups is 1. The van der Waals surface area contributed by atoms with E-state index in [2.05, 4.69) is 162 Å². The Morgan fingerprint density at radius 2 is 1.06 bits per heavy atom. The number of rotatable bonds is 9. The molecule has 294 valence electrons. The van der Waals surface area contributed by atoms with Crippen molar-refractivity contribution in [3.8, 4) is 0 Å². The second kappa shape index (κ2) is 25.3. The van der Waals surface area contributed by atoms with Crippen molar-refractivity contribution in [2.24, 2.45) is 4.99 Å². The molecule has 0 N–H and O–H groups in total. The number of hydrogen-bond acceptors (Lipinski definition) is 2. The summed E-state index contributed by atoms with van der Waals surface area (Å²) in [7, 11) is 8.76. The van der Waals surface area contributed by atoms with E-state index in [9.17, 15) is 0 Å². The van der Waals surface area contributed by atoms with Crippen LogP contribution >= 0.6 is 0 Å². The molecule has 2 heterocycles. The molecule has 2 bridgehead atoms. The first-order valence-electron chi connectivity index (χ1n) is 20.9. The van der Waals surface area contributed by atoms with E-state index in [-0.39, 0.29) is 17.4 Å². The largest absolute Gasteiger partial charge is 3.00 e. The van der Waals surface area contributed by atoms with E-state index in [1.165, 1.54) is 39.5 Å². The predicted molar refractivity (Wildman–Crippen MR) is 247 cm³/mol. The average molecular weight is 747 g/mol. The molecule has 2 fully saturated rings. The fourth-order valence-corrected chi connectivity index (χ4v) is 7.93. The fraction of sp³-hybridized carbons (Fsp3) is 0.542. The zero-order chi connectivity index (χ0) is 39.7. The van der Waals surface area contributed by atoms with Crippen LogP contribution in [0.15, 0.2) is 83.6 Å². The second-order valence-corrected chi connectivity index (χ2v) is 17.1. The Labute approximate surface area is 345 Å². The number of likely N-dealkylation sites (N-methyl/N-ethyl adjacent to an activating group) is 1. The molecule has 5 rings (SSSR count). The molecule has 6 heteroatoms. The van der Waals surface area contributed by atoms with Crippen LogP contribution in [0.3, 0.4) is 0 Å².